The molecule has 0 aliphatic rings. The lowest BCUT2D eigenvalue weighted by molar-refractivity contribution is 0.294. The minimum atomic E-state index is 0.676. The summed E-state index contributed by atoms with van der Waals surface area (Å²) in [6.45, 7) is 4.85. The summed E-state index contributed by atoms with van der Waals surface area (Å²) in [5.74, 6) is 1.53. The normalized spacial score (nSPS) is 11.2. The Kier molecular flexibility index (Phi) is 5.34. The second-order valence-electron chi connectivity index (χ2n) is 6.02. The van der Waals surface area contributed by atoms with Crippen molar-refractivity contribution in [3.05, 3.63) is 65.4 Å². The van der Waals surface area contributed by atoms with E-state index in [9.17, 15) is 0 Å². The number of benzene rings is 2. The van der Waals surface area contributed by atoms with E-state index in [-0.39, 0.29) is 0 Å². The van der Waals surface area contributed by atoms with Crippen LogP contribution in [0.1, 0.15) is 30.2 Å². The van der Waals surface area contributed by atoms with Crippen LogP contribution < -0.4 is 9.47 Å². The van der Waals surface area contributed by atoms with Crippen molar-refractivity contribution < 1.29 is 9.47 Å². The minimum absolute atomic E-state index is 0.676. The summed E-state index contributed by atoms with van der Waals surface area (Å²) in [5.41, 5.74) is 4.24. The number of methoxy groups -OCH3 is 1. The molecule has 3 rings (SSSR count). The van der Waals surface area contributed by atoms with Crippen molar-refractivity contribution in [2.45, 2.75) is 20.3 Å². The summed E-state index contributed by atoms with van der Waals surface area (Å²) in [7, 11) is 1.66. The zero-order chi connectivity index (χ0) is 17.6. The second kappa shape index (κ2) is 7.84. The average Bonchev–Trinajstić information content (AvgIpc) is 2.64. The minimum Gasteiger partial charge on any atom is -0.493 e. The van der Waals surface area contributed by atoms with Crippen molar-refractivity contribution in [2.24, 2.45) is 0 Å². The molecule has 0 N–H and O–H groups in total. The Morgan fingerprint density at radius 3 is 2.64 bits per heavy atom. The van der Waals surface area contributed by atoms with Gasteiger partial charge in [-0.05, 0) is 55.3 Å². The van der Waals surface area contributed by atoms with Crippen LogP contribution in [-0.2, 0) is 0 Å². The highest BCUT2D eigenvalue weighted by atomic mass is 16.5. The molecule has 0 radical (unpaired) electrons. The van der Waals surface area contributed by atoms with Gasteiger partial charge >= 0.3 is 0 Å². The molecule has 0 fully saturated rings. The van der Waals surface area contributed by atoms with Gasteiger partial charge in [0.2, 0.25) is 0 Å². The van der Waals surface area contributed by atoms with Crippen molar-refractivity contribution in [3.63, 3.8) is 0 Å². The van der Waals surface area contributed by atoms with Crippen LogP contribution in [0.25, 0.3) is 23.1 Å². The molecule has 128 valence electrons. The summed E-state index contributed by atoms with van der Waals surface area (Å²) >= 11 is 0. The summed E-state index contributed by atoms with van der Waals surface area (Å²) in [6, 6.07) is 16.4. The number of pyridine rings is 1. The maximum absolute atomic E-state index is 5.76. The third-order valence-electron chi connectivity index (χ3n) is 3.96. The van der Waals surface area contributed by atoms with E-state index in [1.807, 2.05) is 36.4 Å². The third kappa shape index (κ3) is 4.18. The molecule has 1 aromatic heterocycles. The van der Waals surface area contributed by atoms with Crippen molar-refractivity contribution in [2.75, 3.05) is 13.7 Å². The van der Waals surface area contributed by atoms with E-state index in [0.717, 1.165) is 40.1 Å². The van der Waals surface area contributed by atoms with Crippen LogP contribution in [0.3, 0.4) is 0 Å². The first-order valence-electron chi connectivity index (χ1n) is 8.56. The van der Waals surface area contributed by atoms with E-state index >= 15 is 0 Å². The van der Waals surface area contributed by atoms with Gasteiger partial charge in [0.15, 0.2) is 11.5 Å². The summed E-state index contributed by atoms with van der Waals surface area (Å²) < 4.78 is 11.1. The van der Waals surface area contributed by atoms with Crippen LogP contribution in [0.2, 0.25) is 0 Å². The molecule has 0 bridgehead atoms. The Morgan fingerprint density at radius 2 is 1.84 bits per heavy atom. The summed E-state index contributed by atoms with van der Waals surface area (Å²) in [5, 5.41) is 1.16. The number of hydrogen-bond acceptors (Lipinski definition) is 3. The van der Waals surface area contributed by atoms with E-state index in [4.69, 9.17) is 14.5 Å². The van der Waals surface area contributed by atoms with Crippen LogP contribution in [0, 0.1) is 6.92 Å². The molecular weight excluding hydrogens is 310 g/mol. The van der Waals surface area contributed by atoms with E-state index in [0.29, 0.717) is 6.61 Å². The number of aromatic nitrogens is 1. The van der Waals surface area contributed by atoms with Gasteiger partial charge < -0.3 is 9.47 Å². The molecular formula is C22H23NO2. The number of fused-ring (bicyclic) bond motifs is 1. The summed E-state index contributed by atoms with van der Waals surface area (Å²) in [6.07, 6.45) is 5.02. The van der Waals surface area contributed by atoms with E-state index < -0.39 is 0 Å². The molecule has 3 heteroatoms. The van der Waals surface area contributed by atoms with Crippen molar-refractivity contribution in [1.29, 1.82) is 0 Å². The van der Waals surface area contributed by atoms with Gasteiger partial charge in [-0.25, -0.2) is 4.98 Å². The van der Waals surface area contributed by atoms with Crippen LogP contribution in [-0.4, -0.2) is 18.7 Å². The highest BCUT2D eigenvalue weighted by molar-refractivity contribution is 5.81. The molecule has 0 atom stereocenters. The maximum atomic E-state index is 5.76. The highest BCUT2D eigenvalue weighted by Gasteiger charge is 2.04. The average molecular weight is 333 g/mol. The van der Waals surface area contributed by atoms with Crippen LogP contribution in [0.4, 0.5) is 0 Å². The van der Waals surface area contributed by atoms with Gasteiger partial charge in [-0.2, -0.15) is 0 Å². The lowest BCUT2D eigenvalue weighted by atomic mass is 10.1. The molecule has 1 heterocycles. The van der Waals surface area contributed by atoms with Crippen molar-refractivity contribution in [1.82, 2.24) is 4.98 Å². The number of aryl methyl sites for hydroxylation is 1. The first kappa shape index (κ1) is 17.0. The first-order valence-corrected chi connectivity index (χ1v) is 8.56. The Morgan fingerprint density at radius 1 is 0.960 bits per heavy atom. The van der Waals surface area contributed by atoms with Crippen molar-refractivity contribution in [3.8, 4) is 11.5 Å². The molecule has 0 aliphatic heterocycles. The first-order chi connectivity index (χ1) is 12.2. The van der Waals surface area contributed by atoms with Gasteiger partial charge in [-0.15, -0.1) is 0 Å². The molecule has 3 aromatic rings. The molecule has 0 spiro atoms. The Hall–Kier alpha value is -2.81. The molecule has 0 saturated heterocycles. The van der Waals surface area contributed by atoms with Gasteiger partial charge in [0.05, 0.1) is 24.9 Å². The van der Waals surface area contributed by atoms with Gasteiger partial charge in [-0.3, -0.25) is 0 Å². The lowest BCUT2D eigenvalue weighted by Crippen LogP contribution is -1.97. The largest absolute Gasteiger partial charge is 0.493 e. The monoisotopic (exact) mass is 333 g/mol. The smallest absolute Gasteiger partial charge is 0.161 e. The molecule has 0 amide bonds. The quantitative estimate of drug-likeness (QED) is 0.596. The molecule has 0 saturated carbocycles. The molecule has 0 unspecified atom stereocenters. The van der Waals surface area contributed by atoms with E-state index in [1.165, 1.54) is 5.56 Å². The Bertz CT molecular complexity index is 900. The summed E-state index contributed by atoms with van der Waals surface area (Å²) in [4.78, 5) is 4.69. The fourth-order valence-electron chi connectivity index (χ4n) is 2.66. The number of nitrogens with zero attached hydrogens (tertiary/aromatic N) is 1. The number of hydrogen-bond donors (Lipinski definition) is 0. The zero-order valence-electron chi connectivity index (χ0n) is 15.0. The predicted octanol–water partition coefficient (Wildman–Crippen LogP) is 5.51. The standard InChI is InChI=1S/C22H23NO2/c1-4-13-25-22-15-17(7-12-21(22)24-3)6-9-19-10-8-18-14-16(2)5-11-20(18)23-19/h5-12,14-15H,4,13H2,1-3H3/b9-6+. The van der Waals surface area contributed by atoms with Crippen molar-refractivity contribution >= 4 is 23.1 Å². The van der Waals surface area contributed by atoms with Crippen LogP contribution in [0.5, 0.6) is 11.5 Å². The predicted molar refractivity (Wildman–Crippen MR) is 104 cm³/mol. The van der Waals surface area contributed by atoms with Crippen LogP contribution >= 0.6 is 0 Å². The molecule has 2 aromatic carbocycles. The number of rotatable bonds is 6. The van der Waals surface area contributed by atoms with E-state index in [1.54, 1.807) is 7.11 Å². The highest BCUT2D eigenvalue weighted by Crippen LogP contribution is 2.29. The molecule has 0 aliphatic carbocycles. The lowest BCUT2D eigenvalue weighted by Gasteiger charge is -2.10. The Balaban J connectivity index is 1.84. The van der Waals surface area contributed by atoms with Gasteiger partial charge in [-0.1, -0.05) is 36.8 Å². The fraction of sp³-hybridized carbons (Fsp3) is 0.227. The van der Waals surface area contributed by atoms with Crippen LogP contribution in [0.15, 0.2) is 48.5 Å². The Labute approximate surface area is 148 Å². The number of ether oxygens (including phenoxy) is 2. The van der Waals surface area contributed by atoms with E-state index in [2.05, 4.69) is 38.1 Å². The molecule has 25 heavy (non-hydrogen) atoms. The van der Waals surface area contributed by atoms with Gasteiger partial charge in [0, 0.05) is 5.39 Å². The topological polar surface area (TPSA) is 31.4 Å². The SMILES string of the molecule is CCCOc1cc(/C=C/c2ccc3cc(C)ccc3n2)ccc1OC. The zero-order valence-corrected chi connectivity index (χ0v) is 15.0. The van der Waals surface area contributed by atoms with Gasteiger partial charge in [0.1, 0.15) is 0 Å². The fourth-order valence-corrected chi connectivity index (χ4v) is 2.66. The molecule has 3 nitrogen and oxygen atoms in total. The third-order valence-corrected chi connectivity index (χ3v) is 3.96. The maximum Gasteiger partial charge on any atom is 0.161 e. The second-order valence-corrected chi connectivity index (χ2v) is 6.02. The van der Waals surface area contributed by atoms with Gasteiger partial charge in [0.25, 0.3) is 0 Å².